The Morgan fingerprint density at radius 1 is 1.50 bits per heavy atom. The van der Waals surface area contributed by atoms with Gasteiger partial charge in [0.1, 0.15) is 5.65 Å². The lowest BCUT2D eigenvalue weighted by molar-refractivity contribution is 0.603. The van der Waals surface area contributed by atoms with Gasteiger partial charge in [-0.25, -0.2) is 13.4 Å². The Morgan fingerprint density at radius 2 is 2.19 bits per heavy atom. The van der Waals surface area contributed by atoms with E-state index in [9.17, 15) is 8.42 Å². The average Bonchev–Trinajstić information content (AvgIpc) is 2.57. The molecule has 0 bridgehead atoms. The molecule has 0 aliphatic heterocycles. The SMILES string of the molecule is CCc1nc2c(C)cccn2c1S(=O)(=O)Cl. The van der Waals surface area contributed by atoms with Crippen molar-refractivity contribution in [3.05, 3.63) is 29.6 Å². The summed E-state index contributed by atoms with van der Waals surface area (Å²) in [5.41, 5.74) is 2.06. The highest BCUT2D eigenvalue weighted by atomic mass is 35.7. The lowest BCUT2D eigenvalue weighted by atomic mass is 10.3. The summed E-state index contributed by atoms with van der Waals surface area (Å²) in [7, 11) is 1.65. The monoisotopic (exact) mass is 258 g/mol. The van der Waals surface area contributed by atoms with Gasteiger partial charge in [-0.1, -0.05) is 13.0 Å². The zero-order valence-electron chi connectivity index (χ0n) is 8.94. The van der Waals surface area contributed by atoms with Crippen LogP contribution in [0.2, 0.25) is 0 Å². The van der Waals surface area contributed by atoms with Crippen LogP contribution in [0.1, 0.15) is 18.2 Å². The van der Waals surface area contributed by atoms with Crippen molar-refractivity contribution in [2.24, 2.45) is 0 Å². The molecule has 0 atom stereocenters. The van der Waals surface area contributed by atoms with Crippen LogP contribution in [0, 0.1) is 6.92 Å². The summed E-state index contributed by atoms with van der Waals surface area (Å²) >= 11 is 0. The van der Waals surface area contributed by atoms with Crippen molar-refractivity contribution >= 4 is 25.4 Å². The molecular formula is C10H11ClN2O2S. The van der Waals surface area contributed by atoms with E-state index >= 15 is 0 Å². The van der Waals surface area contributed by atoms with E-state index < -0.39 is 9.05 Å². The van der Waals surface area contributed by atoms with Gasteiger partial charge >= 0.3 is 0 Å². The van der Waals surface area contributed by atoms with Gasteiger partial charge in [-0.2, -0.15) is 0 Å². The number of fused-ring (bicyclic) bond motifs is 1. The number of hydrogen-bond donors (Lipinski definition) is 0. The summed E-state index contributed by atoms with van der Waals surface area (Å²) in [5, 5.41) is 0.0790. The molecule has 0 aliphatic rings. The summed E-state index contributed by atoms with van der Waals surface area (Å²) < 4.78 is 24.5. The fourth-order valence-corrected chi connectivity index (χ4v) is 3.06. The first-order valence-electron chi connectivity index (χ1n) is 4.86. The first-order valence-corrected chi connectivity index (χ1v) is 7.17. The molecule has 2 heterocycles. The molecule has 2 aromatic heterocycles. The Morgan fingerprint density at radius 3 is 2.75 bits per heavy atom. The van der Waals surface area contributed by atoms with E-state index in [4.69, 9.17) is 10.7 Å². The molecule has 16 heavy (non-hydrogen) atoms. The third-order valence-corrected chi connectivity index (χ3v) is 3.77. The maximum absolute atomic E-state index is 11.5. The van der Waals surface area contributed by atoms with Gasteiger partial charge in [0.05, 0.1) is 5.69 Å². The Balaban J connectivity index is 2.96. The second-order valence-electron chi connectivity index (χ2n) is 3.54. The third kappa shape index (κ3) is 1.70. The number of rotatable bonds is 2. The normalized spacial score (nSPS) is 12.2. The van der Waals surface area contributed by atoms with Crippen molar-refractivity contribution in [1.82, 2.24) is 9.38 Å². The Labute approximate surface area is 98.3 Å². The van der Waals surface area contributed by atoms with E-state index in [-0.39, 0.29) is 5.03 Å². The molecule has 0 unspecified atom stereocenters. The number of nitrogens with zero attached hydrogens (tertiary/aromatic N) is 2. The number of pyridine rings is 1. The lowest BCUT2D eigenvalue weighted by Gasteiger charge is -2.00. The molecule has 2 aromatic rings. The van der Waals surface area contributed by atoms with E-state index in [0.717, 1.165) is 5.56 Å². The van der Waals surface area contributed by atoms with E-state index in [2.05, 4.69) is 4.98 Å². The van der Waals surface area contributed by atoms with Gasteiger partial charge < -0.3 is 0 Å². The molecule has 0 amide bonds. The first-order chi connectivity index (χ1) is 7.45. The molecule has 0 spiro atoms. The molecule has 0 fully saturated rings. The van der Waals surface area contributed by atoms with Crippen molar-refractivity contribution in [2.45, 2.75) is 25.3 Å². The van der Waals surface area contributed by atoms with Crippen molar-refractivity contribution in [3.63, 3.8) is 0 Å². The fraction of sp³-hybridized carbons (Fsp3) is 0.300. The molecule has 0 saturated carbocycles. The maximum Gasteiger partial charge on any atom is 0.279 e. The number of hydrogen-bond acceptors (Lipinski definition) is 3. The van der Waals surface area contributed by atoms with E-state index in [1.54, 1.807) is 12.3 Å². The summed E-state index contributed by atoms with van der Waals surface area (Å²) in [6.07, 6.45) is 2.19. The third-order valence-electron chi connectivity index (χ3n) is 2.43. The zero-order valence-corrected chi connectivity index (χ0v) is 10.5. The second-order valence-corrected chi connectivity index (χ2v) is 6.02. The number of halogens is 1. The number of aryl methyl sites for hydroxylation is 2. The highest BCUT2D eigenvalue weighted by molar-refractivity contribution is 8.13. The minimum Gasteiger partial charge on any atom is -0.289 e. The van der Waals surface area contributed by atoms with Gasteiger partial charge in [0, 0.05) is 16.9 Å². The molecule has 0 aliphatic carbocycles. The summed E-state index contributed by atoms with van der Waals surface area (Å²) in [6.45, 7) is 3.73. The standard InChI is InChI=1S/C10H11ClN2O2S/c1-3-8-10(16(11,14)15)13-6-4-5-7(2)9(13)12-8/h4-6H,3H2,1-2H3. The maximum atomic E-state index is 11.5. The van der Waals surface area contributed by atoms with Gasteiger partial charge in [0.15, 0.2) is 5.03 Å². The Bertz CT molecular complexity index is 646. The van der Waals surface area contributed by atoms with E-state index in [1.807, 2.05) is 19.9 Å². The molecule has 0 saturated heterocycles. The van der Waals surface area contributed by atoms with E-state index in [1.165, 1.54) is 4.40 Å². The predicted molar refractivity (Wildman–Crippen MR) is 62.3 cm³/mol. The molecule has 0 aromatic carbocycles. The van der Waals surface area contributed by atoms with Crippen LogP contribution in [0.3, 0.4) is 0 Å². The Kier molecular flexibility index (Phi) is 2.67. The van der Waals surface area contributed by atoms with Crippen LogP contribution < -0.4 is 0 Å². The number of aromatic nitrogens is 2. The number of imidazole rings is 1. The van der Waals surface area contributed by atoms with Crippen LogP contribution in [-0.2, 0) is 15.5 Å². The predicted octanol–water partition coefficient (Wildman–Crippen LogP) is 2.13. The van der Waals surface area contributed by atoms with Gasteiger partial charge in [0.25, 0.3) is 9.05 Å². The molecular weight excluding hydrogens is 248 g/mol. The van der Waals surface area contributed by atoms with Crippen molar-refractivity contribution in [1.29, 1.82) is 0 Å². The van der Waals surface area contributed by atoms with Crippen LogP contribution in [0.5, 0.6) is 0 Å². The largest absolute Gasteiger partial charge is 0.289 e. The van der Waals surface area contributed by atoms with E-state index in [0.29, 0.717) is 17.8 Å². The van der Waals surface area contributed by atoms with Gasteiger partial charge in [-0.05, 0) is 25.0 Å². The van der Waals surface area contributed by atoms with Crippen LogP contribution in [-0.4, -0.2) is 17.8 Å². The summed E-state index contributed by atoms with van der Waals surface area (Å²) in [6, 6.07) is 3.65. The summed E-state index contributed by atoms with van der Waals surface area (Å²) in [4.78, 5) is 4.30. The van der Waals surface area contributed by atoms with Crippen LogP contribution in [0.25, 0.3) is 5.65 Å². The van der Waals surface area contributed by atoms with Crippen molar-refractivity contribution in [3.8, 4) is 0 Å². The lowest BCUT2D eigenvalue weighted by Crippen LogP contribution is -2.00. The minimum atomic E-state index is -3.77. The minimum absolute atomic E-state index is 0.0790. The zero-order chi connectivity index (χ0) is 11.9. The van der Waals surface area contributed by atoms with Crippen molar-refractivity contribution < 1.29 is 8.42 Å². The van der Waals surface area contributed by atoms with Gasteiger partial charge in [-0.15, -0.1) is 0 Å². The Hall–Kier alpha value is -1.07. The van der Waals surface area contributed by atoms with Gasteiger partial charge in [0.2, 0.25) is 0 Å². The highest BCUT2D eigenvalue weighted by Gasteiger charge is 2.22. The summed E-state index contributed by atoms with van der Waals surface area (Å²) in [5.74, 6) is 0. The van der Waals surface area contributed by atoms with Crippen molar-refractivity contribution in [2.75, 3.05) is 0 Å². The molecule has 0 radical (unpaired) electrons. The first kappa shape index (κ1) is 11.4. The molecule has 6 heteroatoms. The molecule has 2 rings (SSSR count). The topological polar surface area (TPSA) is 51.4 Å². The fourth-order valence-electron chi connectivity index (χ4n) is 1.72. The van der Waals surface area contributed by atoms with Crippen LogP contribution >= 0.6 is 10.7 Å². The van der Waals surface area contributed by atoms with Gasteiger partial charge in [-0.3, -0.25) is 4.40 Å². The second kappa shape index (κ2) is 3.75. The smallest absolute Gasteiger partial charge is 0.279 e. The molecule has 4 nitrogen and oxygen atoms in total. The average molecular weight is 259 g/mol. The van der Waals surface area contributed by atoms with Crippen LogP contribution in [0.4, 0.5) is 0 Å². The molecule has 0 N–H and O–H groups in total. The quantitative estimate of drug-likeness (QED) is 0.776. The van der Waals surface area contributed by atoms with Crippen LogP contribution in [0.15, 0.2) is 23.4 Å². The molecule has 86 valence electrons. The highest BCUT2D eigenvalue weighted by Crippen LogP contribution is 2.23.